The number of hydrogen-bond acceptors (Lipinski definition) is 2. The smallest absolute Gasteiger partial charge is 0.319 e. The molecule has 0 spiro atoms. The predicted octanol–water partition coefficient (Wildman–Crippen LogP) is 3.77. The molecule has 2 rings (SSSR count). The van der Waals surface area contributed by atoms with Crippen LogP contribution in [-0.4, -0.2) is 22.4 Å². The zero-order chi connectivity index (χ0) is 17.0. The van der Waals surface area contributed by atoms with Gasteiger partial charge in [-0.1, -0.05) is 25.4 Å². The minimum Gasteiger partial charge on any atom is -0.337 e. The standard InChI is InChI=1S/C16H20ClFN4O/c1-10(2)12(15-6-7-20-22(15)3)9-19-16(23)21-14-5-4-11(18)8-13(14)17/h4-8,10,12H,9H2,1-3H3,(H2,19,21,23). The van der Waals surface area contributed by atoms with E-state index >= 15 is 0 Å². The number of hydrogen-bond donors (Lipinski definition) is 2. The Morgan fingerprint density at radius 2 is 2.13 bits per heavy atom. The van der Waals surface area contributed by atoms with Gasteiger partial charge in [0.25, 0.3) is 0 Å². The van der Waals surface area contributed by atoms with E-state index in [1.165, 1.54) is 12.1 Å². The van der Waals surface area contributed by atoms with Crippen LogP contribution < -0.4 is 10.6 Å². The Balaban J connectivity index is 1.98. The number of rotatable bonds is 5. The van der Waals surface area contributed by atoms with Crippen molar-refractivity contribution in [1.82, 2.24) is 15.1 Å². The van der Waals surface area contributed by atoms with Crippen molar-refractivity contribution >= 4 is 23.3 Å². The maximum Gasteiger partial charge on any atom is 0.319 e. The Morgan fingerprint density at radius 1 is 1.39 bits per heavy atom. The maximum absolute atomic E-state index is 13.0. The lowest BCUT2D eigenvalue weighted by Gasteiger charge is -2.21. The number of halogens is 2. The van der Waals surface area contributed by atoms with Gasteiger partial charge in [-0.3, -0.25) is 4.68 Å². The number of carbonyl (C=O) groups excluding carboxylic acids is 1. The lowest BCUT2D eigenvalue weighted by Crippen LogP contribution is -2.34. The zero-order valence-electron chi connectivity index (χ0n) is 13.3. The van der Waals surface area contributed by atoms with Gasteiger partial charge in [0.05, 0.1) is 10.7 Å². The van der Waals surface area contributed by atoms with Crippen molar-refractivity contribution in [2.75, 3.05) is 11.9 Å². The number of amides is 2. The molecule has 1 aromatic carbocycles. The second-order valence-corrected chi connectivity index (χ2v) is 6.10. The first-order valence-corrected chi connectivity index (χ1v) is 7.74. The fraction of sp³-hybridized carbons (Fsp3) is 0.375. The van der Waals surface area contributed by atoms with Gasteiger partial charge in [0.2, 0.25) is 0 Å². The number of urea groups is 1. The summed E-state index contributed by atoms with van der Waals surface area (Å²) in [5.41, 5.74) is 1.42. The number of aryl methyl sites for hydroxylation is 1. The molecule has 1 atom stereocenters. The largest absolute Gasteiger partial charge is 0.337 e. The van der Waals surface area contributed by atoms with Gasteiger partial charge in [-0.2, -0.15) is 5.10 Å². The van der Waals surface area contributed by atoms with E-state index in [9.17, 15) is 9.18 Å². The first-order chi connectivity index (χ1) is 10.9. The van der Waals surface area contributed by atoms with Crippen molar-refractivity contribution in [1.29, 1.82) is 0 Å². The molecule has 23 heavy (non-hydrogen) atoms. The number of benzene rings is 1. The SMILES string of the molecule is CC(C)C(CNC(=O)Nc1ccc(F)cc1Cl)c1ccnn1C. The summed E-state index contributed by atoms with van der Waals surface area (Å²) in [7, 11) is 1.88. The Hall–Kier alpha value is -2.08. The fourth-order valence-electron chi connectivity index (χ4n) is 2.39. The molecule has 0 saturated heterocycles. The number of aromatic nitrogens is 2. The molecule has 2 aromatic rings. The Bertz CT molecular complexity index is 686. The number of anilines is 1. The number of carbonyl (C=O) groups is 1. The van der Waals surface area contributed by atoms with Gasteiger partial charge >= 0.3 is 6.03 Å². The van der Waals surface area contributed by atoms with Crippen LogP contribution in [0.2, 0.25) is 5.02 Å². The third kappa shape index (κ3) is 4.45. The van der Waals surface area contributed by atoms with Crippen molar-refractivity contribution in [3.05, 3.63) is 47.0 Å². The van der Waals surface area contributed by atoms with E-state index in [2.05, 4.69) is 29.6 Å². The van der Waals surface area contributed by atoms with Crippen LogP contribution in [0.15, 0.2) is 30.5 Å². The van der Waals surface area contributed by atoms with Crippen molar-refractivity contribution in [3.8, 4) is 0 Å². The molecule has 0 fully saturated rings. The molecule has 0 radical (unpaired) electrons. The molecule has 7 heteroatoms. The minimum atomic E-state index is -0.447. The van der Waals surface area contributed by atoms with E-state index in [1.807, 2.05) is 13.1 Å². The van der Waals surface area contributed by atoms with Crippen LogP contribution in [-0.2, 0) is 7.05 Å². The predicted molar refractivity (Wildman–Crippen MR) is 89.2 cm³/mol. The van der Waals surface area contributed by atoms with E-state index in [4.69, 9.17) is 11.6 Å². The summed E-state index contributed by atoms with van der Waals surface area (Å²) in [6.45, 7) is 4.64. The quantitative estimate of drug-likeness (QED) is 0.871. The Morgan fingerprint density at radius 3 is 2.70 bits per heavy atom. The van der Waals surface area contributed by atoms with Gasteiger partial charge < -0.3 is 10.6 Å². The van der Waals surface area contributed by atoms with Crippen LogP contribution in [0.1, 0.15) is 25.5 Å². The third-order valence-corrected chi connectivity index (χ3v) is 4.02. The summed E-state index contributed by atoms with van der Waals surface area (Å²) in [6, 6.07) is 5.39. The third-order valence-electron chi connectivity index (χ3n) is 3.71. The van der Waals surface area contributed by atoms with Gasteiger partial charge in [-0.15, -0.1) is 0 Å². The Labute approximate surface area is 139 Å². The molecular weight excluding hydrogens is 319 g/mol. The highest BCUT2D eigenvalue weighted by Crippen LogP contribution is 2.24. The first kappa shape index (κ1) is 17.3. The van der Waals surface area contributed by atoms with E-state index in [0.29, 0.717) is 18.2 Å². The topological polar surface area (TPSA) is 59.0 Å². The summed E-state index contributed by atoms with van der Waals surface area (Å²) in [5.74, 6) is 0.0223. The number of nitrogens with one attached hydrogen (secondary N) is 2. The van der Waals surface area contributed by atoms with Gasteiger partial charge in [0.15, 0.2) is 0 Å². The molecule has 1 heterocycles. The molecule has 124 valence electrons. The molecular formula is C16H20ClFN4O. The minimum absolute atomic E-state index is 0.136. The molecule has 0 aliphatic carbocycles. The van der Waals surface area contributed by atoms with Crippen molar-refractivity contribution in [2.24, 2.45) is 13.0 Å². The molecule has 0 aliphatic heterocycles. The van der Waals surface area contributed by atoms with E-state index in [0.717, 1.165) is 11.8 Å². The maximum atomic E-state index is 13.0. The highest BCUT2D eigenvalue weighted by atomic mass is 35.5. The summed E-state index contributed by atoms with van der Waals surface area (Å²) in [6.07, 6.45) is 1.74. The lowest BCUT2D eigenvalue weighted by atomic mass is 9.92. The van der Waals surface area contributed by atoms with E-state index in [1.54, 1.807) is 10.9 Å². The van der Waals surface area contributed by atoms with Gasteiger partial charge in [0.1, 0.15) is 5.82 Å². The lowest BCUT2D eigenvalue weighted by molar-refractivity contribution is 0.250. The summed E-state index contributed by atoms with van der Waals surface area (Å²) in [4.78, 5) is 12.0. The van der Waals surface area contributed by atoms with Crippen LogP contribution in [0.3, 0.4) is 0 Å². The van der Waals surface area contributed by atoms with Crippen LogP contribution >= 0.6 is 11.6 Å². The highest BCUT2D eigenvalue weighted by Gasteiger charge is 2.20. The molecule has 0 aliphatic rings. The van der Waals surface area contributed by atoms with Crippen LogP contribution in [0, 0.1) is 11.7 Å². The molecule has 2 amide bonds. The average molecular weight is 339 g/mol. The molecule has 0 bridgehead atoms. The van der Waals surface area contributed by atoms with Crippen molar-refractivity contribution in [2.45, 2.75) is 19.8 Å². The van der Waals surface area contributed by atoms with Crippen LogP contribution in [0.25, 0.3) is 0 Å². The van der Waals surface area contributed by atoms with Gasteiger partial charge in [0, 0.05) is 31.4 Å². The monoisotopic (exact) mass is 338 g/mol. The fourth-order valence-corrected chi connectivity index (χ4v) is 2.60. The van der Waals surface area contributed by atoms with Crippen molar-refractivity contribution in [3.63, 3.8) is 0 Å². The van der Waals surface area contributed by atoms with Gasteiger partial charge in [-0.05, 0) is 30.2 Å². The highest BCUT2D eigenvalue weighted by molar-refractivity contribution is 6.33. The summed E-state index contributed by atoms with van der Waals surface area (Å²) < 4.78 is 14.8. The van der Waals surface area contributed by atoms with Gasteiger partial charge in [-0.25, -0.2) is 9.18 Å². The second kappa shape index (κ2) is 7.46. The second-order valence-electron chi connectivity index (χ2n) is 5.69. The van der Waals surface area contributed by atoms with E-state index < -0.39 is 5.82 Å². The molecule has 2 N–H and O–H groups in total. The van der Waals surface area contributed by atoms with E-state index in [-0.39, 0.29) is 17.0 Å². The van der Waals surface area contributed by atoms with Crippen LogP contribution in [0.5, 0.6) is 0 Å². The normalized spacial score (nSPS) is 12.3. The first-order valence-electron chi connectivity index (χ1n) is 7.36. The molecule has 1 aromatic heterocycles. The molecule has 0 saturated carbocycles. The van der Waals surface area contributed by atoms with Crippen LogP contribution in [0.4, 0.5) is 14.9 Å². The zero-order valence-corrected chi connectivity index (χ0v) is 14.1. The number of nitrogens with zero attached hydrogens (tertiary/aromatic N) is 2. The molecule has 5 nitrogen and oxygen atoms in total. The summed E-state index contributed by atoms with van der Waals surface area (Å²) >= 11 is 5.89. The average Bonchev–Trinajstić information content (AvgIpc) is 2.88. The summed E-state index contributed by atoms with van der Waals surface area (Å²) in [5, 5.41) is 9.78. The molecule has 1 unspecified atom stereocenters. The van der Waals surface area contributed by atoms with Crippen molar-refractivity contribution < 1.29 is 9.18 Å². The Kier molecular flexibility index (Phi) is 5.60.